The summed E-state index contributed by atoms with van der Waals surface area (Å²) in [4.78, 5) is 41.2. The Morgan fingerprint density at radius 3 is 2.48 bits per heavy atom. The molecule has 2 aliphatic heterocycles. The van der Waals surface area contributed by atoms with Crippen molar-refractivity contribution in [1.82, 2.24) is 15.1 Å². The summed E-state index contributed by atoms with van der Waals surface area (Å²) in [5.74, 6) is -0.587. The van der Waals surface area contributed by atoms with Crippen LogP contribution in [0.25, 0.3) is 11.3 Å². The molecular weight excluding hydrogens is 396 g/mol. The van der Waals surface area contributed by atoms with Crippen LogP contribution in [-0.2, 0) is 14.3 Å². The molecule has 1 aliphatic carbocycles. The van der Waals surface area contributed by atoms with E-state index in [4.69, 9.17) is 4.74 Å². The summed E-state index contributed by atoms with van der Waals surface area (Å²) in [6.07, 6.45) is 3.77. The van der Waals surface area contributed by atoms with Crippen LogP contribution in [0.5, 0.6) is 0 Å². The van der Waals surface area contributed by atoms with Crippen molar-refractivity contribution in [3.8, 4) is 11.3 Å². The van der Waals surface area contributed by atoms with Gasteiger partial charge in [-0.2, -0.15) is 5.10 Å². The summed E-state index contributed by atoms with van der Waals surface area (Å²) in [6, 6.07) is 11.3. The number of hydrogen-bond donors (Lipinski definition) is 1. The SMILES string of the molecule is O=C1CC(C(=O)N2CCN(c3cc(=O)[nH]nc3-c3ccccc3)CC2)C2(CCCC2)O1. The maximum atomic E-state index is 13.3. The molecule has 3 aliphatic rings. The normalized spacial score (nSPS) is 22.7. The van der Waals surface area contributed by atoms with Crippen molar-refractivity contribution in [2.75, 3.05) is 31.1 Å². The number of anilines is 1. The second-order valence-corrected chi connectivity index (χ2v) is 8.65. The van der Waals surface area contributed by atoms with E-state index in [-0.39, 0.29) is 29.8 Å². The number of nitrogens with one attached hydrogen (secondary N) is 1. The highest BCUT2D eigenvalue weighted by molar-refractivity contribution is 5.88. The fourth-order valence-corrected chi connectivity index (χ4v) is 5.26. The van der Waals surface area contributed by atoms with Crippen molar-refractivity contribution in [2.45, 2.75) is 37.7 Å². The Balaban J connectivity index is 1.32. The summed E-state index contributed by atoms with van der Waals surface area (Å²) in [5.41, 5.74) is 1.59. The molecule has 31 heavy (non-hydrogen) atoms. The molecule has 1 saturated carbocycles. The molecule has 1 atom stereocenters. The number of carbonyl (C=O) groups is 2. The number of hydrogen-bond acceptors (Lipinski definition) is 6. The van der Waals surface area contributed by atoms with Crippen LogP contribution < -0.4 is 10.5 Å². The van der Waals surface area contributed by atoms with Crippen molar-refractivity contribution in [1.29, 1.82) is 0 Å². The Morgan fingerprint density at radius 2 is 1.77 bits per heavy atom. The number of rotatable bonds is 3. The molecular formula is C23H26N4O4. The third kappa shape index (κ3) is 3.60. The van der Waals surface area contributed by atoms with Crippen LogP contribution in [0.3, 0.4) is 0 Å². The Hall–Kier alpha value is -3.16. The molecule has 1 unspecified atom stereocenters. The highest BCUT2D eigenvalue weighted by Gasteiger charge is 2.54. The largest absolute Gasteiger partial charge is 0.458 e. The van der Waals surface area contributed by atoms with Gasteiger partial charge in [-0.1, -0.05) is 30.3 Å². The third-order valence-electron chi connectivity index (χ3n) is 6.84. The van der Waals surface area contributed by atoms with Crippen LogP contribution in [0.4, 0.5) is 5.69 Å². The van der Waals surface area contributed by atoms with Gasteiger partial charge in [0.1, 0.15) is 11.3 Å². The lowest BCUT2D eigenvalue weighted by molar-refractivity contribution is -0.151. The number of ether oxygens (including phenoxy) is 1. The van der Waals surface area contributed by atoms with E-state index in [0.29, 0.717) is 26.2 Å². The predicted molar refractivity (Wildman–Crippen MR) is 114 cm³/mol. The summed E-state index contributed by atoms with van der Waals surface area (Å²) in [5, 5.41) is 6.81. The molecule has 1 N–H and O–H groups in total. The molecule has 1 amide bonds. The second kappa shape index (κ2) is 7.83. The van der Waals surface area contributed by atoms with Crippen molar-refractivity contribution in [3.05, 3.63) is 46.8 Å². The average molecular weight is 422 g/mol. The number of esters is 1. The second-order valence-electron chi connectivity index (χ2n) is 8.65. The fraction of sp³-hybridized carbons (Fsp3) is 0.478. The standard InChI is InChI=1S/C23H26N4O4/c28-19-15-18(21(25-24-19)16-6-2-1-3-7-16)26-10-12-27(13-11-26)22(30)17-14-20(29)31-23(17)8-4-5-9-23/h1-3,6-7,15,17H,4-5,8-14H2,(H,24,28). The Kier molecular flexibility index (Phi) is 5.00. The Labute approximate surface area is 180 Å². The van der Waals surface area contributed by atoms with Gasteiger partial charge >= 0.3 is 5.97 Å². The van der Waals surface area contributed by atoms with Gasteiger partial charge in [-0.15, -0.1) is 0 Å². The fourth-order valence-electron chi connectivity index (χ4n) is 5.26. The van der Waals surface area contributed by atoms with Crippen LogP contribution in [0.1, 0.15) is 32.1 Å². The van der Waals surface area contributed by atoms with Gasteiger partial charge in [0.15, 0.2) is 0 Å². The molecule has 2 aromatic rings. The smallest absolute Gasteiger partial charge is 0.307 e. The van der Waals surface area contributed by atoms with E-state index < -0.39 is 5.60 Å². The van der Waals surface area contributed by atoms with Gasteiger partial charge < -0.3 is 14.5 Å². The van der Waals surface area contributed by atoms with Crippen LogP contribution in [0, 0.1) is 5.92 Å². The molecule has 2 saturated heterocycles. The number of benzene rings is 1. The third-order valence-corrected chi connectivity index (χ3v) is 6.84. The molecule has 8 nitrogen and oxygen atoms in total. The maximum Gasteiger partial charge on any atom is 0.307 e. The highest BCUT2D eigenvalue weighted by atomic mass is 16.6. The van der Waals surface area contributed by atoms with E-state index >= 15 is 0 Å². The Bertz CT molecular complexity index is 1040. The first kappa shape index (κ1) is 19.8. The van der Waals surface area contributed by atoms with Crippen LogP contribution >= 0.6 is 0 Å². The quantitative estimate of drug-likeness (QED) is 0.760. The van der Waals surface area contributed by atoms with E-state index in [1.165, 1.54) is 0 Å². The monoisotopic (exact) mass is 422 g/mol. The number of aromatic amines is 1. The van der Waals surface area contributed by atoms with Gasteiger partial charge in [0.25, 0.3) is 5.56 Å². The number of amides is 1. The van der Waals surface area contributed by atoms with E-state index in [2.05, 4.69) is 15.1 Å². The first-order valence-corrected chi connectivity index (χ1v) is 11.0. The maximum absolute atomic E-state index is 13.3. The van der Waals surface area contributed by atoms with E-state index in [1.807, 2.05) is 35.2 Å². The van der Waals surface area contributed by atoms with Gasteiger partial charge in [0.05, 0.1) is 18.0 Å². The average Bonchev–Trinajstić information content (AvgIpc) is 3.40. The number of carbonyl (C=O) groups excluding carboxylic acids is 2. The van der Waals surface area contributed by atoms with Crippen molar-refractivity contribution < 1.29 is 14.3 Å². The molecule has 8 heteroatoms. The number of H-pyrrole nitrogens is 1. The van der Waals surface area contributed by atoms with Crippen molar-refractivity contribution in [3.63, 3.8) is 0 Å². The summed E-state index contributed by atoms with van der Waals surface area (Å²) in [6.45, 7) is 2.29. The zero-order valence-electron chi connectivity index (χ0n) is 17.4. The zero-order chi connectivity index (χ0) is 21.4. The molecule has 3 fully saturated rings. The van der Waals surface area contributed by atoms with Crippen LogP contribution in [0.15, 0.2) is 41.2 Å². The molecule has 1 spiro atoms. The minimum Gasteiger partial charge on any atom is -0.458 e. The van der Waals surface area contributed by atoms with Gasteiger partial charge in [-0.25, -0.2) is 5.10 Å². The minimum atomic E-state index is -0.581. The number of piperazine rings is 1. The Morgan fingerprint density at radius 1 is 1.06 bits per heavy atom. The van der Waals surface area contributed by atoms with E-state index in [9.17, 15) is 14.4 Å². The molecule has 162 valence electrons. The molecule has 3 heterocycles. The van der Waals surface area contributed by atoms with Gasteiger partial charge in [-0.05, 0) is 25.7 Å². The van der Waals surface area contributed by atoms with Crippen molar-refractivity contribution >= 4 is 17.6 Å². The zero-order valence-corrected chi connectivity index (χ0v) is 17.4. The van der Waals surface area contributed by atoms with Gasteiger partial charge in [0.2, 0.25) is 5.91 Å². The number of nitrogens with zero attached hydrogens (tertiary/aromatic N) is 3. The van der Waals surface area contributed by atoms with Crippen molar-refractivity contribution in [2.24, 2.45) is 5.92 Å². The lowest BCUT2D eigenvalue weighted by atomic mass is 9.84. The summed E-state index contributed by atoms with van der Waals surface area (Å²) in [7, 11) is 0. The van der Waals surface area contributed by atoms with Crippen LogP contribution in [0.2, 0.25) is 0 Å². The molecule has 1 aromatic heterocycles. The molecule has 1 aromatic carbocycles. The molecule has 5 rings (SSSR count). The van der Waals surface area contributed by atoms with Crippen LogP contribution in [-0.4, -0.2) is 58.8 Å². The highest BCUT2D eigenvalue weighted by Crippen LogP contribution is 2.46. The number of aromatic nitrogens is 2. The lowest BCUT2D eigenvalue weighted by Crippen LogP contribution is -2.53. The van der Waals surface area contributed by atoms with E-state index in [0.717, 1.165) is 42.6 Å². The van der Waals surface area contributed by atoms with Gasteiger partial charge in [0, 0.05) is 37.8 Å². The topological polar surface area (TPSA) is 95.6 Å². The predicted octanol–water partition coefficient (Wildman–Crippen LogP) is 1.96. The summed E-state index contributed by atoms with van der Waals surface area (Å²) < 4.78 is 5.66. The molecule has 0 bridgehead atoms. The summed E-state index contributed by atoms with van der Waals surface area (Å²) >= 11 is 0. The minimum absolute atomic E-state index is 0.0275. The first-order chi connectivity index (χ1) is 15.1. The van der Waals surface area contributed by atoms with Gasteiger partial charge in [-0.3, -0.25) is 14.4 Å². The first-order valence-electron chi connectivity index (χ1n) is 11.0. The lowest BCUT2D eigenvalue weighted by Gasteiger charge is -2.39. The van der Waals surface area contributed by atoms with E-state index in [1.54, 1.807) is 6.07 Å². The molecule has 0 radical (unpaired) electrons.